The summed E-state index contributed by atoms with van der Waals surface area (Å²) in [5.74, 6) is -0.229. The lowest BCUT2D eigenvalue weighted by Gasteiger charge is -2.14. The summed E-state index contributed by atoms with van der Waals surface area (Å²) >= 11 is 0. The van der Waals surface area contributed by atoms with E-state index in [4.69, 9.17) is 0 Å². The maximum Gasteiger partial charge on any atom is 0.248 e. The van der Waals surface area contributed by atoms with Crippen LogP contribution in [0.25, 0.3) is 17.2 Å². The number of amides is 2. The second kappa shape index (κ2) is 8.97. The number of carbonyl (C=O) groups is 2. The molecule has 29 heavy (non-hydrogen) atoms. The average Bonchev–Trinajstić information content (AvgIpc) is 3.14. The number of hydrogen-bond acceptors (Lipinski definition) is 4. The Balaban J connectivity index is 1.66. The van der Waals surface area contributed by atoms with E-state index in [0.29, 0.717) is 12.2 Å². The molecule has 0 saturated heterocycles. The molecule has 2 heterocycles. The van der Waals surface area contributed by atoms with Gasteiger partial charge in [-0.25, -0.2) is 0 Å². The van der Waals surface area contributed by atoms with E-state index in [1.54, 1.807) is 41.3 Å². The maximum atomic E-state index is 12.3. The number of aromatic nitrogens is 3. The van der Waals surface area contributed by atoms with Gasteiger partial charge in [0.05, 0.1) is 6.20 Å². The van der Waals surface area contributed by atoms with E-state index in [1.807, 2.05) is 43.6 Å². The van der Waals surface area contributed by atoms with Crippen LogP contribution >= 0.6 is 0 Å². The first kappa shape index (κ1) is 20.0. The van der Waals surface area contributed by atoms with Gasteiger partial charge in [-0.05, 0) is 35.4 Å². The Kier molecular flexibility index (Phi) is 6.19. The second-order valence-electron chi connectivity index (χ2n) is 6.76. The largest absolute Gasteiger partial charge is 0.342 e. The van der Waals surface area contributed by atoms with E-state index in [-0.39, 0.29) is 11.8 Å². The highest BCUT2D eigenvalue weighted by Crippen LogP contribution is 2.23. The maximum absolute atomic E-state index is 12.3. The molecule has 2 aromatic heterocycles. The summed E-state index contributed by atoms with van der Waals surface area (Å²) in [6.07, 6.45) is 10.3. The van der Waals surface area contributed by atoms with Gasteiger partial charge in [0.1, 0.15) is 0 Å². The summed E-state index contributed by atoms with van der Waals surface area (Å²) in [6, 6.07) is 9.31. The third-order valence-corrected chi connectivity index (χ3v) is 4.46. The van der Waals surface area contributed by atoms with Crippen LogP contribution in [0, 0.1) is 0 Å². The molecule has 3 rings (SSSR count). The number of hydrogen-bond donors (Lipinski definition) is 1. The molecule has 7 heteroatoms. The molecular weight excluding hydrogens is 366 g/mol. The van der Waals surface area contributed by atoms with Crippen LogP contribution in [0.4, 0.5) is 5.69 Å². The van der Waals surface area contributed by atoms with Gasteiger partial charge in [-0.3, -0.25) is 19.3 Å². The van der Waals surface area contributed by atoms with Gasteiger partial charge in [-0.2, -0.15) is 5.10 Å². The first-order chi connectivity index (χ1) is 13.9. The number of aryl methyl sites for hydroxylation is 1. The molecule has 0 aliphatic rings. The highest BCUT2D eigenvalue weighted by atomic mass is 16.2. The van der Waals surface area contributed by atoms with Crippen LogP contribution in [0.15, 0.2) is 61.2 Å². The van der Waals surface area contributed by atoms with Crippen LogP contribution in [0.5, 0.6) is 0 Å². The normalized spacial score (nSPS) is 10.9. The molecule has 148 valence electrons. The van der Waals surface area contributed by atoms with E-state index >= 15 is 0 Å². The van der Waals surface area contributed by atoms with Crippen molar-refractivity contribution in [2.75, 3.05) is 12.4 Å². The van der Waals surface area contributed by atoms with Gasteiger partial charge in [0, 0.05) is 69.0 Å². The Bertz CT molecular complexity index is 1040. The molecule has 0 unspecified atom stereocenters. The Morgan fingerprint density at radius 3 is 2.59 bits per heavy atom. The molecule has 7 nitrogen and oxygen atoms in total. The van der Waals surface area contributed by atoms with Crippen molar-refractivity contribution in [1.29, 1.82) is 0 Å². The molecule has 0 fully saturated rings. The quantitative estimate of drug-likeness (QED) is 0.657. The minimum absolute atomic E-state index is 0.00794. The molecule has 0 saturated carbocycles. The van der Waals surface area contributed by atoms with Crippen LogP contribution < -0.4 is 5.32 Å². The molecule has 0 radical (unpaired) electrons. The van der Waals surface area contributed by atoms with Crippen LogP contribution in [0.3, 0.4) is 0 Å². The van der Waals surface area contributed by atoms with Crippen molar-refractivity contribution in [3.05, 3.63) is 72.3 Å². The van der Waals surface area contributed by atoms with Crippen LogP contribution in [0.2, 0.25) is 0 Å². The topological polar surface area (TPSA) is 80.1 Å². The summed E-state index contributed by atoms with van der Waals surface area (Å²) in [7, 11) is 3.61. The molecule has 0 spiro atoms. The lowest BCUT2D eigenvalue weighted by Crippen LogP contribution is -2.22. The van der Waals surface area contributed by atoms with Crippen molar-refractivity contribution < 1.29 is 9.59 Å². The van der Waals surface area contributed by atoms with Crippen molar-refractivity contribution in [1.82, 2.24) is 19.7 Å². The summed E-state index contributed by atoms with van der Waals surface area (Å²) < 4.78 is 1.73. The number of anilines is 1. The van der Waals surface area contributed by atoms with Gasteiger partial charge in [0.15, 0.2) is 0 Å². The van der Waals surface area contributed by atoms with Gasteiger partial charge in [0.2, 0.25) is 11.8 Å². The van der Waals surface area contributed by atoms with Crippen molar-refractivity contribution in [2.45, 2.75) is 13.5 Å². The Labute approximate surface area is 169 Å². The third-order valence-electron chi connectivity index (χ3n) is 4.46. The average molecular weight is 389 g/mol. The lowest BCUT2D eigenvalue weighted by atomic mass is 10.0. The predicted octanol–water partition coefficient (Wildman–Crippen LogP) is 3.11. The SMILES string of the molecule is CC(=O)N(C)Cc1ccc(NC(=O)C=Cc2cnccc2-c2cnn(C)c2)cc1. The molecule has 0 atom stereocenters. The number of rotatable bonds is 6. The number of nitrogens with one attached hydrogen (secondary N) is 1. The van der Waals surface area contributed by atoms with E-state index < -0.39 is 0 Å². The highest BCUT2D eigenvalue weighted by Gasteiger charge is 2.06. The molecule has 1 aromatic carbocycles. The lowest BCUT2D eigenvalue weighted by molar-refractivity contribution is -0.128. The first-order valence-corrected chi connectivity index (χ1v) is 9.15. The molecular formula is C22H23N5O2. The molecule has 1 N–H and O–H groups in total. The van der Waals surface area contributed by atoms with Gasteiger partial charge < -0.3 is 10.2 Å². The zero-order valence-corrected chi connectivity index (χ0v) is 16.7. The summed E-state index contributed by atoms with van der Waals surface area (Å²) in [5.41, 5.74) is 4.43. The summed E-state index contributed by atoms with van der Waals surface area (Å²) in [4.78, 5) is 29.4. The Hall–Kier alpha value is -3.74. The monoisotopic (exact) mass is 389 g/mol. The van der Waals surface area contributed by atoms with E-state index in [1.165, 1.54) is 13.0 Å². The minimum Gasteiger partial charge on any atom is -0.342 e. The smallest absolute Gasteiger partial charge is 0.248 e. The standard InChI is InChI=1S/C22H23N5O2/c1-16(28)26(2)14-17-4-7-20(8-5-17)25-22(29)9-6-18-12-23-11-10-21(18)19-13-24-27(3)15-19/h4-13,15H,14H2,1-3H3,(H,25,29). The predicted molar refractivity (Wildman–Crippen MR) is 113 cm³/mol. The van der Waals surface area contributed by atoms with E-state index in [2.05, 4.69) is 15.4 Å². The molecule has 0 bridgehead atoms. The minimum atomic E-state index is -0.236. The van der Waals surface area contributed by atoms with Gasteiger partial charge in [-0.1, -0.05) is 12.1 Å². The van der Waals surface area contributed by atoms with Gasteiger partial charge in [-0.15, -0.1) is 0 Å². The first-order valence-electron chi connectivity index (χ1n) is 9.15. The zero-order chi connectivity index (χ0) is 20.8. The van der Waals surface area contributed by atoms with Crippen LogP contribution in [-0.4, -0.2) is 38.5 Å². The van der Waals surface area contributed by atoms with Crippen molar-refractivity contribution >= 4 is 23.6 Å². The fourth-order valence-electron chi connectivity index (χ4n) is 2.79. The fraction of sp³-hybridized carbons (Fsp3) is 0.182. The van der Waals surface area contributed by atoms with E-state index in [0.717, 1.165) is 22.3 Å². The van der Waals surface area contributed by atoms with Crippen molar-refractivity contribution in [2.24, 2.45) is 7.05 Å². The molecule has 3 aromatic rings. The highest BCUT2D eigenvalue weighted by molar-refractivity contribution is 6.02. The number of benzene rings is 1. The van der Waals surface area contributed by atoms with Crippen LogP contribution in [0.1, 0.15) is 18.1 Å². The third kappa shape index (κ3) is 5.38. The summed E-state index contributed by atoms with van der Waals surface area (Å²) in [6.45, 7) is 2.06. The number of carbonyl (C=O) groups excluding carboxylic acids is 2. The Morgan fingerprint density at radius 2 is 1.93 bits per heavy atom. The van der Waals surface area contributed by atoms with Gasteiger partial charge in [0.25, 0.3) is 0 Å². The van der Waals surface area contributed by atoms with Crippen molar-refractivity contribution in [3.8, 4) is 11.1 Å². The van der Waals surface area contributed by atoms with E-state index in [9.17, 15) is 9.59 Å². The fourth-order valence-corrected chi connectivity index (χ4v) is 2.79. The molecule has 0 aliphatic carbocycles. The zero-order valence-electron chi connectivity index (χ0n) is 16.7. The van der Waals surface area contributed by atoms with Crippen LogP contribution in [-0.2, 0) is 23.2 Å². The molecule has 0 aliphatic heterocycles. The van der Waals surface area contributed by atoms with Crippen molar-refractivity contribution in [3.63, 3.8) is 0 Å². The second-order valence-corrected chi connectivity index (χ2v) is 6.76. The van der Waals surface area contributed by atoms with Gasteiger partial charge >= 0.3 is 0 Å². The Morgan fingerprint density at radius 1 is 1.17 bits per heavy atom. The number of pyridine rings is 1. The summed E-state index contributed by atoms with van der Waals surface area (Å²) in [5, 5.41) is 7.03. The molecule has 2 amide bonds. The number of nitrogens with zero attached hydrogens (tertiary/aromatic N) is 4.